The van der Waals surface area contributed by atoms with Crippen molar-refractivity contribution in [3.8, 4) is 0 Å². The lowest BCUT2D eigenvalue weighted by Crippen LogP contribution is -1.79. The zero-order valence-electron chi connectivity index (χ0n) is 8.35. The lowest BCUT2D eigenvalue weighted by atomic mass is 10.2. The summed E-state index contributed by atoms with van der Waals surface area (Å²) < 4.78 is 0. The van der Waals surface area contributed by atoms with Crippen LogP contribution in [0, 0.1) is 6.92 Å². The van der Waals surface area contributed by atoms with Crippen LogP contribution in [0.2, 0.25) is 0 Å². The van der Waals surface area contributed by atoms with E-state index in [0.29, 0.717) is 0 Å². The topological polar surface area (TPSA) is 26.0 Å². The summed E-state index contributed by atoms with van der Waals surface area (Å²) in [6.45, 7) is 2.08. The Morgan fingerprint density at radius 3 is 1.36 bits per heavy atom. The minimum atomic E-state index is 0.822. The monoisotopic (exact) mass is 185 g/mol. The molecule has 0 aliphatic carbocycles. The van der Waals surface area contributed by atoms with Crippen LogP contribution in [0.5, 0.6) is 0 Å². The molecular weight excluding hydrogens is 170 g/mol. The summed E-state index contributed by atoms with van der Waals surface area (Å²) in [7, 11) is 0. The van der Waals surface area contributed by atoms with Crippen LogP contribution in [0.3, 0.4) is 0 Å². The molecule has 0 spiro atoms. The molecule has 2 aromatic carbocycles. The highest BCUT2D eigenvalue weighted by atomic mass is 14.5. The molecule has 14 heavy (non-hydrogen) atoms. The molecular formula is C13H15N. The molecule has 1 nitrogen and oxygen atoms in total. The van der Waals surface area contributed by atoms with Crippen molar-refractivity contribution in [2.45, 2.75) is 6.92 Å². The third-order valence-corrected chi connectivity index (χ3v) is 1.74. The van der Waals surface area contributed by atoms with Gasteiger partial charge in [-0.05, 0) is 19.1 Å². The second kappa shape index (κ2) is 5.81. The Kier molecular flexibility index (Phi) is 4.29. The van der Waals surface area contributed by atoms with E-state index in [1.165, 1.54) is 5.56 Å². The second-order valence-electron chi connectivity index (χ2n) is 3.07. The molecule has 0 saturated carbocycles. The fourth-order valence-corrected chi connectivity index (χ4v) is 0.987. The van der Waals surface area contributed by atoms with Gasteiger partial charge in [-0.3, -0.25) is 0 Å². The molecule has 0 aliphatic rings. The number of anilines is 1. The number of hydrogen-bond donors (Lipinski definition) is 1. The number of benzene rings is 2. The van der Waals surface area contributed by atoms with Gasteiger partial charge in [0.25, 0.3) is 0 Å². The highest BCUT2D eigenvalue weighted by molar-refractivity contribution is 5.35. The first-order valence-electron chi connectivity index (χ1n) is 4.61. The third kappa shape index (κ3) is 4.31. The molecule has 0 atom stereocenters. The molecule has 0 fully saturated rings. The lowest BCUT2D eigenvalue weighted by molar-refractivity contribution is 1.48. The summed E-state index contributed by atoms with van der Waals surface area (Å²) in [5.74, 6) is 0. The van der Waals surface area contributed by atoms with E-state index >= 15 is 0 Å². The minimum Gasteiger partial charge on any atom is -0.399 e. The van der Waals surface area contributed by atoms with Gasteiger partial charge in [-0.25, -0.2) is 0 Å². The molecule has 0 heterocycles. The Morgan fingerprint density at radius 2 is 1.14 bits per heavy atom. The molecule has 72 valence electrons. The van der Waals surface area contributed by atoms with E-state index < -0.39 is 0 Å². The SMILES string of the molecule is Cc1ccccc1.Nc1ccccc1. The largest absolute Gasteiger partial charge is 0.399 e. The molecule has 2 rings (SSSR count). The Hall–Kier alpha value is -1.76. The third-order valence-electron chi connectivity index (χ3n) is 1.74. The molecule has 0 radical (unpaired) electrons. The van der Waals surface area contributed by atoms with Crippen molar-refractivity contribution < 1.29 is 0 Å². The van der Waals surface area contributed by atoms with Gasteiger partial charge < -0.3 is 5.73 Å². The Labute approximate surface area is 85.2 Å². The predicted molar refractivity (Wildman–Crippen MR) is 62.0 cm³/mol. The number of nitrogen functional groups attached to an aromatic ring is 1. The average molecular weight is 185 g/mol. The van der Waals surface area contributed by atoms with Crippen LogP contribution in [0.25, 0.3) is 0 Å². The van der Waals surface area contributed by atoms with Gasteiger partial charge in [-0.1, -0.05) is 54.1 Å². The van der Waals surface area contributed by atoms with Gasteiger partial charge in [-0.2, -0.15) is 0 Å². The minimum absolute atomic E-state index is 0.822. The van der Waals surface area contributed by atoms with E-state index in [-0.39, 0.29) is 0 Å². The van der Waals surface area contributed by atoms with Gasteiger partial charge in [0.1, 0.15) is 0 Å². The zero-order chi connectivity index (χ0) is 10.2. The highest BCUT2D eigenvalue weighted by Gasteiger charge is 1.72. The molecule has 0 unspecified atom stereocenters. The van der Waals surface area contributed by atoms with Gasteiger partial charge in [0, 0.05) is 5.69 Å². The molecule has 2 aromatic rings. The molecule has 2 N–H and O–H groups in total. The number of para-hydroxylation sites is 1. The Bertz CT molecular complexity index is 303. The normalized spacial score (nSPS) is 8.64. The van der Waals surface area contributed by atoms with Gasteiger partial charge >= 0.3 is 0 Å². The van der Waals surface area contributed by atoms with Crippen LogP contribution in [0.15, 0.2) is 60.7 Å². The molecule has 0 bridgehead atoms. The van der Waals surface area contributed by atoms with Gasteiger partial charge in [0.2, 0.25) is 0 Å². The predicted octanol–water partition coefficient (Wildman–Crippen LogP) is 3.26. The van der Waals surface area contributed by atoms with Gasteiger partial charge in [-0.15, -0.1) is 0 Å². The van der Waals surface area contributed by atoms with Crippen molar-refractivity contribution in [2.75, 3.05) is 5.73 Å². The summed E-state index contributed by atoms with van der Waals surface area (Å²) >= 11 is 0. The van der Waals surface area contributed by atoms with Crippen LogP contribution in [0.4, 0.5) is 5.69 Å². The molecule has 0 aromatic heterocycles. The van der Waals surface area contributed by atoms with Crippen LogP contribution in [0.1, 0.15) is 5.56 Å². The van der Waals surface area contributed by atoms with E-state index in [1.807, 2.05) is 48.5 Å². The summed E-state index contributed by atoms with van der Waals surface area (Å²) in [4.78, 5) is 0. The molecule has 0 saturated heterocycles. The average Bonchev–Trinajstić information content (AvgIpc) is 2.21. The van der Waals surface area contributed by atoms with E-state index in [0.717, 1.165) is 5.69 Å². The van der Waals surface area contributed by atoms with Gasteiger partial charge in [0.15, 0.2) is 0 Å². The van der Waals surface area contributed by atoms with E-state index in [1.54, 1.807) is 0 Å². The van der Waals surface area contributed by atoms with E-state index in [9.17, 15) is 0 Å². The first kappa shape index (κ1) is 10.3. The zero-order valence-corrected chi connectivity index (χ0v) is 8.35. The Morgan fingerprint density at radius 1 is 0.714 bits per heavy atom. The molecule has 1 heteroatoms. The maximum Gasteiger partial charge on any atom is 0.0313 e. The number of hydrogen-bond acceptors (Lipinski definition) is 1. The first-order chi connectivity index (χ1) is 6.79. The van der Waals surface area contributed by atoms with Crippen molar-refractivity contribution in [2.24, 2.45) is 0 Å². The van der Waals surface area contributed by atoms with Gasteiger partial charge in [0.05, 0.1) is 0 Å². The van der Waals surface area contributed by atoms with Crippen molar-refractivity contribution >= 4 is 5.69 Å². The van der Waals surface area contributed by atoms with Crippen molar-refractivity contribution in [3.05, 3.63) is 66.2 Å². The first-order valence-corrected chi connectivity index (χ1v) is 4.61. The van der Waals surface area contributed by atoms with Crippen molar-refractivity contribution in [1.82, 2.24) is 0 Å². The summed E-state index contributed by atoms with van der Waals surface area (Å²) in [5, 5.41) is 0. The van der Waals surface area contributed by atoms with Crippen molar-refractivity contribution in [3.63, 3.8) is 0 Å². The van der Waals surface area contributed by atoms with Crippen molar-refractivity contribution in [1.29, 1.82) is 0 Å². The Balaban J connectivity index is 0.000000140. The number of nitrogens with two attached hydrogens (primary N) is 1. The fraction of sp³-hybridized carbons (Fsp3) is 0.0769. The quantitative estimate of drug-likeness (QED) is 0.626. The smallest absolute Gasteiger partial charge is 0.0313 e. The maximum atomic E-state index is 5.36. The number of aryl methyl sites for hydroxylation is 1. The standard InChI is InChI=1S/C7H8.C6H7N/c1-7-5-3-2-4-6-7;7-6-4-2-1-3-5-6/h2-6H,1H3;1-5H,7H2. The summed E-state index contributed by atoms with van der Waals surface area (Å²) in [6.07, 6.45) is 0. The number of rotatable bonds is 0. The second-order valence-corrected chi connectivity index (χ2v) is 3.07. The van der Waals surface area contributed by atoms with Crippen LogP contribution < -0.4 is 5.73 Å². The fourth-order valence-electron chi connectivity index (χ4n) is 0.987. The van der Waals surface area contributed by atoms with E-state index in [2.05, 4.69) is 19.1 Å². The highest BCUT2D eigenvalue weighted by Crippen LogP contribution is 1.95. The maximum absolute atomic E-state index is 5.36. The summed E-state index contributed by atoms with van der Waals surface area (Å²) in [6, 6.07) is 19.7. The molecule has 0 amide bonds. The lowest BCUT2D eigenvalue weighted by Gasteiger charge is -1.83. The van der Waals surface area contributed by atoms with E-state index in [4.69, 9.17) is 5.73 Å². The summed E-state index contributed by atoms with van der Waals surface area (Å²) in [5.41, 5.74) is 7.50. The van der Waals surface area contributed by atoms with Crippen LogP contribution in [-0.4, -0.2) is 0 Å². The van der Waals surface area contributed by atoms with Crippen LogP contribution in [-0.2, 0) is 0 Å². The molecule has 0 aliphatic heterocycles. The van der Waals surface area contributed by atoms with Crippen LogP contribution >= 0.6 is 0 Å².